The predicted molar refractivity (Wildman–Crippen MR) is 142 cm³/mol. The van der Waals surface area contributed by atoms with Crippen LogP contribution in [-0.2, 0) is 6.42 Å². The van der Waals surface area contributed by atoms with Crippen molar-refractivity contribution in [2.75, 3.05) is 7.11 Å². The SMILES string of the molecule is COc1ccc(C(=O)N[C@H]2[C@H](C(F)(F)F)CC=C3[C@@H]2CCC2=Cc4c(cnn4-c4ccc(F)cc4)C[C@@]23C)cc1F. The van der Waals surface area contributed by atoms with Crippen LogP contribution in [0.5, 0.6) is 5.75 Å². The molecule has 3 aliphatic carbocycles. The maximum atomic E-state index is 14.3. The molecule has 3 aliphatic rings. The van der Waals surface area contributed by atoms with E-state index in [1.807, 2.05) is 6.92 Å². The molecule has 1 saturated carbocycles. The lowest BCUT2D eigenvalue weighted by molar-refractivity contribution is -0.186. The van der Waals surface area contributed by atoms with E-state index >= 15 is 0 Å². The van der Waals surface area contributed by atoms with E-state index in [2.05, 4.69) is 16.5 Å². The summed E-state index contributed by atoms with van der Waals surface area (Å²) >= 11 is 0. The Balaban J connectivity index is 1.33. The number of benzene rings is 2. The summed E-state index contributed by atoms with van der Waals surface area (Å²) in [6.45, 7) is 2.04. The standard InChI is InChI=1S/C31H28F5N3O2/c1-30-15-18-16-37-39(21-7-5-20(32)6-8-21)26(18)14-19(30)4-9-22-23(30)10-11-24(31(34,35)36)28(22)38-29(40)17-3-12-27(41-2)25(33)13-17/h3,5-8,10,12-14,16,22,24,28H,4,9,11,15H2,1-2H3,(H,38,40)/t22-,24+,28+,30-/m0/s1. The van der Waals surface area contributed by atoms with E-state index in [-0.39, 0.29) is 23.6 Å². The van der Waals surface area contributed by atoms with Crippen LogP contribution in [0.15, 0.2) is 65.9 Å². The van der Waals surface area contributed by atoms with Gasteiger partial charge in [0, 0.05) is 22.9 Å². The Bertz CT molecular complexity index is 1570. The molecule has 2 aromatic carbocycles. The van der Waals surface area contributed by atoms with Crippen molar-refractivity contribution in [1.82, 2.24) is 15.1 Å². The predicted octanol–water partition coefficient (Wildman–Crippen LogP) is 6.82. The molecule has 214 valence electrons. The smallest absolute Gasteiger partial charge is 0.394 e. The van der Waals surface area contributed by atoms with Crippen molar-refractivity contribution in [3.63, 3.8) is 0 Å². The first kappa shape index (κ1) is 27.2. The second-order valence-corrected chi connectivity index (χ2v) is 11.2. The number of allylic oxidation sites excluding steroid dienone is 2. The van der Waals surface area contributed by atoms with Gasteiger partial charge in [-0.25, -0.2) is 13.5 Å². The quantitative estimate of drug-likeness (QED) is 0.277. The Kier molecular flexibility index (Phi) is 6.54. The van der Waals surface area contributed by atoms with E-state index in [0.29, 0.717) is 24.9 Å². The molecule has 0 aliphatic heterocycles. The molecule has 5 nitrogen and oxygen atoms in total. The lowest BCUT2D eigenvalue weighted by Gasteiger charge is -2.51. The van der Waals surface area contributed by atoms with Gasteiger partial charge in [0.25, 0.3) is 5.91 Å². The molecule has 6 rings (SSSR count). The molecule has 10 heteroatoms. The molecular formula is C31H28F5N3O2. The van der Waals surface area contributed by atoms with E-state index in [9.17, 15) is 26.7 Å². The maximum absolute atomic E-state index is 14.3. The van der Waals surface area contributed by atoms with Crippen LogP contribution in [0.4, 0.5) is 22.0 Å². The lowest BCUT2D eigenvalue weighted by atomic mass is 9.55. The van der Waals surface area contributed by atoms with Gasteiger partial charge in [0.2, 0.25) is 0 Å². The number of carbonyl (C=O) groups is 1. The largest absolute Gasteiger partial charge is 0.494 e. The number of aromatic nitrogens is 2. The fourth-order valence-electron chi connectivity index (χ4n) is 6.81. The Morgan fingerprint density at radius 1 is 1.15 bits per heavy atom. The number of nitrogens with zero attached hydrogens (tertiary/aromatic N) is 2. The highest BCUT2D eigenvalue weighted by Crippen LogP contribution is 2.57. The number of alkyl halides is 3. The first-order valence-corrected chi connectivity index (χ1v) is 13.4. The fraction of sp³-hybridized carbons (Fsp3) is 0.355. The number of fused-ring (bicyclic) bond motifs is 4. The van der Waals surface area contributed by atoms with Gasteiger partial charge in [-0.2, -0.15) is 18.3 Å². The van der Waals surface area contributed by atoms with Gasteiger partial charge in [0.15, 0.2) is 11.6 Å². The minimum absolute atomic E-state index is 0.0588. The van der Waals surface area contributed by atoms with Gasteiger partial charge in [0.05, 0.1) is 30.6 Å². The highest BCUT2D eigenvalue weighted by molar-refractivity contribution is 5.94. The van der Waals surface area contributed by atoms with E-state index in [4.69, 9.17) is 4.74 Å². The summed E-state index contributed by atoms with van der Waals surface area (Å²) in [5.74, 6) is -4.24. The molecule has 0 saturated heterocycles. The molecule has 1 fully saturated rings. The molecule has 1 heterocycles. The molecule has 0 radical (unpaired) electrons. The van der Waals surface area contributed by atoms with Gasteiger partial charge in [-0.15, -0.1) is 0 Å². The Labute approximate surface area is 233 Å². The van der Waals surface area contributed by atoms with Gasteiger partial charge >= 0.3 is 6.18 Å². The van der Waals surface area contributed by atoms with Gasteiger partial charge in [-0.1, -0.05) is 24.1 Å². The first-order valence-electron chi connectivity index (χ1n) is 13.4. The normalized spacial score (nSPS) is 25.3. The van der Waals surface area contributed by atoms with Crippen molar-refractivity contribution in [2.45, 2.75) is 44.8 Å². The van der Waals surface area contributed by atoms with Crippen molar-refractivity contribution >= 4 is 12.0 Å². The van der Waals surface area contributed by atoms with Crippen LogP contribution in [0.3, 0.4) is 0 Å². The number of amides is 1. The van der Waals surface area contributed by atoms with E-state index in [1.54, 1.807) is 29.1 Å². The summed E-state index contributed by atoms with van der Waals surface area (Å²) < 4.78 is 77.2. The molecule has 4 atom stereocenters. The van der Waals surface area contributed by atoms with Gasteiger partial charge in [-0.05, 0) is 79.8 Å². The highest BCUT2D eigenvalue weighted by atomic mass is 19.4. The molecule has 41 heavy (non-hydrogen) atoms. The summed E-state index contributed by atoms with van der Waals surface area (Å²) in [5, 5.41) is 7.17. The summed E-state index contributed by atoms with van der Waals surface area (Å²) in [6.07, 6.45) is 2.22. The number of hydrogen-bond acceptors (Lipinski definition) is 3. The van der Waals surface area contributed by atoms with Gasteiger partial charge < -0.3 is 10.1 Å². The van der Waals surface area contributed by atoms with Crippen LogP contribution in [-0.4, -0.2) is 35.0 Å². The highest BCUT2D eigenvalue weighted by Gasteiger charge is 2.54. The molecular weight excluding hydrogens is 541 g/mol. The van der Waals surface area contributed by atoms with Gasteiger partial charge in [0.1, 0.15) is 5.82 Å². The zero-order chi connectivity index (χ0) is 29.1. The second kappa shape index (κ2) is 9.85. The third-order valence-corrected chi connectivity index (χ3v) is 8.87. The molecule has 0 bridgehead atoms. The average Bonchev–Trinajstić information content (AvgIpc) is 3.33. The fourth-order valence-corrected chi connectivity index (χ4v) is 6.81. The molecule has 1 amide bonds. The van der Waals surface area contributed by atoms with E-state index in [0.717, 1.165) is 28.5 Å². The number of carbonyl (C=O) groups excluding carboxylic acids is 1. The van der Waals surface area contributed by atoms with Crippen LogP contribution >= 0.6 is 0 Å². The number of halogens is 5. The summed E-state index contributed by atoms with van der Waals surface area (Å²) in [6, 6.07) is 8.42. The van der Waals surface area contributed by atoms with Crippen molar-refractivity contribution in [3.05, 3.63) is 94.3 Å². The number of nitrogens with one attached hydrogen (secondary N) is 1. The van der Waals surface area contributed by atoms with E-state index < -0.39 is 41.2 Å². The Morgan fingerprint density at radius 2 is 1.90 bits per heavy atom. The van der Waals surface area contributed by atoms with Crippen LogP contribution in [0, 0.1) is 28.9 Å². The third-order valence-electron chi connectivity index (χ3n) is 8.87. The lowest BCUT2D eigenvalue weighted by Crippen LogP contribution is -2.55. The minimum Gasteiger partial charge on any atom is -0.494 e. The average molecular weight is 570 g/mol. The van der Waals surface area contributed by atoms with Crippen molar-refractivity contribution < 1.29 is 31.5 Å². The monoisotopic (exact) mass is 569 g/mol. The van der Waals surface area contributed by atoms with E-state index in [1.165, 1.54) is 31.4 Å². The van der Waals surface area contributed by atoms with Crippen LogP contribution in [0.25, 0.3) is 11.8 Å². The summed E-state index contributed by atoms with van der Waals surface area (Å²) in [7, 11) is 1.29. The zero-order valence-electron chi connectivity index (χ0n) is 22.4. The molecule has 1 N–H and O–H groups in total. The zero-order valence-corrected chi connectivity index (χ0v) is 22.4. The number of hydrogen-bond donors (Lipinski definition) is 1. The third kappa shape index (κ3) is 4.63. The topological polar surface area (TPSA) is 56.1 Å². The number of methoxy groups -OCH3 is 1. The van der Waals surface area contributed by atoms with Crippen LogP contribution in [0.1, 0.15) is 47.8 Å². The van der Waals surface area contributed by atoms with Crippen molar-refractivity contribution in [2.24, 2.45) is 17.3 Å². The maximum Gasteiger partial charge on any atom is 0.394 e. The molecule has 0 spiro atoms. The van der Waals surface area contributed by atoms with Crippen LogP contribution < -0.4 is 10.1 Å². The number of ether oxygens (including phenoxy) is 1. The molecule has 0 unspecified atom stereocenters. The number of rotatable bonds is 4. The van der Waals surface area contributed by atoms with Crippen LogP contribution in [0.2, 0.25) is 0 Å². The summed E-state index contributed by atoms with van der Waals surface area (Å²) in [4.78, 5) is 13.1. The van der Waals surface area contributed by atoms with Crippen molar-refractivity contribution in [1.29, 1.82) is 0 Å². The van der Waals surface area contributed by atoms with Gasteiger partial charge in [-0.3, -0.25) is 4.79 Å². The molecule has 3 aromatic rings. The van der Waals surface area contributed by atoms with Crippen molar-refractivity contribution in [3.8, 4) is 11.4 Å². The Morgan fingerprint density at radius 3 is 2.59 bits per heavy atom. The minimum atomic E-state index is -4.53. The Hall–Kier alpha value is -3.95. The molecule has 1 aromatic heterocycles. The second-order valence-electron chi connectivity index (χ2n) is 11.2. The summed E-state index contributed by atoms with van der Waals surface area (Å²) in [5.41, 5.74) is 3.87. The first-order chi connectivity index (χ1) is 19.5.